The van der Waals surface area contributed by atoms with E-state index >= 15 is 0 Å². The normalized spacial score (nSPS) is 13.2. The molecule has 1 radical (unpaired) electrons. The molecule has 0 saturated heterocycles. The van der Waals surface area contributed by atoms with Crippen LogP contribution in [0.1, 0.15) is 97.3 Å². The molecule has 0 aliphatic rings. The SMILES string of the molecule is CCCCCCC=CCCCCCCCCC(C)[NH]. The molecule has 0 saturated carbocycles. The van der Waals surface area contributed by atoms with Gasteiger partial charge in [-0.25, -0.2) is 0 Å². The lowest BCUT2D eigenvalue weighted by molar-refractivity contribution is 0.544. The summed E-state index contributed by atoms with van der Waals surface area (Å²) < 4.78 is 0. The maximum absolute atomic E-state index is 7.43. The first-order valence-corrected chi connectivity index (χ1v) is 8.63. The van der Waals surface area contributed by atoms with Crippen LogP contribution in [0.2, 0.25) is 0 Å². The summed E-state index contributed by atoms with van der Waals surface area (Å²) in [7, 11) is 0. The summed E-state index contributed by atoms with van der Waals surface area (Å²) in [6, 6.07) is 0.141. The highest BCUT2D eigenvalue weighted by atomic mass is 14.6. The Morgan fingerprint density at radius 1 is 0.737 bits per heavy atom. The Labute approximate surface area is 122 Å². The highest BCUT2D eigenvalue weighted by molar-refractivity contribution is 4.81. The van der Waals surface area contributed by atoms with E-state index in [1.807, 2.05) is 6.92 Å². The van der Waals surface area contributed by atoms with E-state index in [1.54, 1.807) is 0 Å². The van der Waals surface area contributed by atoms with Crippen LogP contribution in [-0.4, -0.2) is 6.04 Å². The summed E-state index contributed by atoms with van der Waals surface area (Å²) in [4.78, 5) is 0. The fourth-order valence-corrected chi connectivity index (χ4v) is 2.34. The van der Waals surface area contributed by atoms with E-state index in [0.717, 1.165) is 6.42 Å². The molecule has 0 aliphatic carbocycles. The minimum absolute atomic E-state index is 0.141. The predicted molar refractivity (Wildman–Crippen MR) is 87.4 cm³/mol. The third-order valence-electron chi connectivity index (χ3n) is 3.65. The van der Waals surface area contributed by atoms with Crippen LogP contribution in [0.4, 0.5) is 0 Å². The minimum atomic E-state index is 0.141. The van der Waals surface area contributed by atoms with Gasteiger partial charge in [-0.3, -0.25) is 5.73 Å². The Hall–Kier alpha value is -0.300. The van der Waals surface area contributed by atoms with Crippen molar-refractivity contribution in [2.75, 3.05) is 0 Å². The zero-order chi connectivity index (χ0) is 14.2. The summed E-state index contributed by atoms with van der Waals surface area (Å²) in [6.45, 7) is 4.26. The van der Waals surface area contributed by atoms with E-state index in [9.17, 15) is 0 Å². The molecule has 1 heteroatoms. The zero-order valence-electron chi connectivity index (χ0n) is 13.4. The molecule has 0 rings (SSSR count). The molecule has 113 valence electrons. The number of unbranched alkanes of at least 4 members (excludes halogenated alkanes) is 10. The van der Waals surface area contributed by atoms with Crippen molar-refractivity contribution in [3.8, 4) is 0 Å². The van der Waals surface area contributed by atoms with Crippen molar-refractivity contribution in [1.29, 1.82) is 0 Å². The van der Waals surface area contributed by atoms with Crippen LogP contribution in [0, 0.1) is 0 Å². The molecule has 0 aromatic heterocycles. The minimum Gasteiger partial charge on any atom is -0.255 e. The van der Waals surface area contributed by atoms with Crippen LogP contribution in [0.25, 0.3) is 0 Å². The molecule has 1 N–H and O–H groups in total. The fraction of sp³-hybridized carbons (Fsp3) is 0.889. The topological polar surface area (TPSA) is 23.8 Å². The molecule has 0 heterocycles. The van der Waals surface area contributed by atoms with Gasteiger partial charge in [-0.15, -0.1) is 0 Å². The van der Waals surface area contributed by atoms with Crippen LogP contribution in [0.5, 0.6) is 0 Å². The molecular weight excluding hydrogens is 230 g/mol. The van der Waals surface area contributed by atoms with Crippen LogP contribution < -0.4 is 5.73 Å². The van der Waals surface area contributed by atoms with E-state index in [4.69, 9.17) is 5.73 Å². The van der Waals surface area contributed by atoms with Crippen LogP contribution >= 0.6 is 0 Å². The van der Waals surface area contributed by atoms with Gasteiger partial charge < -0.3 is 0 Å². The molecule has 0 aromatic rings. The van der Waals surface area contributed by atoms with E-state index in [2.05, 4.69) is 19.1 Å². The first-order valence-electron chi connectivity index (χ1n) is 8.63. The third-order valence-corrected chi connectivity index (χ3v) is 3.65. The van der Waals surface area contributed by atoms with Gasteiger partial charge in [0.25, 0.3) is 0 Å². The molecule has 0 fully saturated rings. The molecule has 0 amide bonds. The second-order valence-electron chi connectivity index (χ2n) is 5.92. The average molecular weight is 266 g/mol. The summed E-state index contributed by atoms with van der Waals surface area (Å²) in [5.41, 5.74) is 7.43. The van der Waals surface area contributed by atoms with Crippen molar-refractivity contribution in [2.24, 2.45) is 0 Å². The highest BCUT2D eigenvalue weighted by Gasteiger charge is 1.95. The maximum atomic E-state index is 7.43. The van der Waals surface area contributed by atoms with Crippen molar-refractivity contribution in [1.82, 2.24) is 5.73 Å². The highest BCUT2D eigenvalue weighted by Crippen LogP contribution is 2.10. The van der Waals surface area contributed by atoms with Gasteiger partial charge in [0.05, 0.1) is 0 Å². The number of hydrogen-bond acceptors (Lipinski definition) is 0. The maximum Gasteiger partial charge on any atom is 0.0184 e. The summed E-state index contributed by atoms with van der Waals surface area (Å²) in [6.07, 6.45) is 22.0. The molecule has 0 bridgehead atoms. The second kappa shape index (κ2) is 15.8. The predicted octanol–water partition coefficient (Wildman–Crippen LogP) is 6.31. The lowest BCUT2D eigenvalue weighted by atomic mass is 10.1. The Morgan fingerprint density at radius 3 is 1.74 bits per heavy atom. The summed E-state index contributed by atoms with van der Waals surface area (Å²) in [5, 5.41) is 0. The van der Waals surface area contributed by atoms with Crippen LogP contribution in [0.15, 0.2) is 12.2 Å². The number of rotatable bonds is 14. The smallest absolute Gasteiger partial charge is 0.0184 e. The standard InChI is InChI=1S/C18H36N/c1-3-4-5-6-7-8-9-10-11-12-13-14-15-16-17-18(2)19/h8-9,18-19H,3-7,10-17H2,1-2H3. The Bertz CT molecular complexity index is 184. The van der Waals surface area contributed by atoms with Gasteiger partial charge >= 0.3 is 0 Å². The van der Waals surface area contributed by atoms with Crippen molar-refractivity contribution in [3.63, 3.8) is 0 Å². The van der Waals surface area contributed by atoms with Gasteiger partial charge in [-0.1, -0.05) is 70.4 Å². The Morgan fingerprint density at radius 2 is 1.21 bits per heavy atom. The summed E-state index contributed by atoms with van der Waals surface area (Å²) in [5.74, 6) is 0. The third kappa shape index (κ3) is 17.7. The van der Waals surface area contributed by atoms with Gasteiger partial charge in [0.15, 0.2) is 0 Å². The Balaban J connectivity index is 3.03. The first kappa shape index (κ1) is 18.7. The largest absolute Gasteiger partial charge is 0.255 e. The van der Waals surface area contributed by atoms with E-state index in [1.165, 1.54) is 77.0 Å². The van der Waals surface area contributed by atoms with Gasteiger partial charge in [0.2, 0.25) is 0 Å². The first-order chi connectivity index (χ1) is 9.27. The van der Waals surface area contributed by atoms with Crippen molar-refractivity contribution >= 4 is 0 Å². The monoisotopic (exact) mass is 266 g/mol. The van der Waals surface area contributed by atoms with Crippen LogP contribution in [0.3, 0.4) is 0 Å². The molecule has 19 heavy (non-hydrogen) atoms. The van der Waals surface area contributed by atoms with Gasteiger partial charge in [0, 0.05) is 6.04 Å². The second-order valence-corrected chi connectivity index (χ2v) is 5.92. The Kier molecular flexibility index (Phi) is 15.5. The van der Waals surface area contributed by atoms with E-state index < -0.39 is 0 Å². The quantitative estimate of drug-likeness (QED) is 0.260. The number of allylic oxidation sites excluding steroid dienone is 2. The molecule has 1 nitrogen and oxygen atoms in total. The molecule has 1 atom stereocenters. The molecule has 0 aliphatic heterocycles. The molecule has 0 spiro atoms. The lowest BCUT2D eigenvalue weighted by Crippen LogP contribution is -2.00. The lowest BCUT2D eigenvalue weighted by Gasteiger charge is -2.03. The average Bonchev–Trinajstić information content (AvgIpc) is 2.39. The molecular formula is C18H36N. The zero-order valence-corrected chi connectivity index (χ0v) is 13.4. The van der Waals surface area contributed by atoms with Gasteiger partial charge in [0.1, 0.15) is 0 Å². The van der Waals surface area contributed by atoms with Gasteiger partial charge in [-0.05, 0) is 39.0 Å². The van der Waals surface area contributed by atoms with Crippen LogP contribution in [-0.2, 0) is 0 Å². The van der Waals surface area contributed by atoms with Gasteiger partial charge in [-0.2, -0.15) is 0 Å². The van der Waals surface area contributed by atoms with Crippen molar-refractivity contribution in [3.05, 3.63) is 12.2 Å². The van der Waals surface area contributed by atoms with Crippen molar-refractivity contribution in [2.45, 2.75) is 103 Å². The number of hydrogen-bond donors (Lipinski definition) is 0. The summed E-state index contributed by atoms with van der Waals surface area (Å²) >= 11 is 0. The fourth-order valence-electron chi connectivity index (χ4n) is 2.34. The van der Waals surface area contributed by atoms with E-state index in [0.29, 0.717) is 0 Å². The number of nitrogens with one attached hydrogen (secondary N) is 1. The van der Waals surface area contributed by atoms with E-state index in [-0.39, 0.29) is 6.04 Å². The molecule has 0 aromatic carbocycles. The van der Waals surface area contributed by atoms with Crippen molar-refractivity contribution < 1.29 is 0 Å². The molecule has 1 unspecified atom stereocenters.